The van der Waals surface area contributed by atoms with Crippen molar-refractivity contribution in [3.05, 3.63) is 96.2 Å². The second kappa shape index (κ2) is 8.31. The third-order valence-electron chi connectivity index (χ3n) is 4.24. The number of carbonyl (C=O) groups excluding carboxylic acids is 1. The summed E-state index contributed by atoms with van der Waals surface area (Å²) in [5.74, 6) is 1.93. The van der Waals surface area contributed by atoms with Gasteiger partial charge in [-0.05, 0) is 48.0 Å². The molecule has 1 aliphatic rings. The standard InChI is InChI=1S/C23H19NO4/c25-21(18-6-11-22-23(14-18)28-16-27-22)12-13-24-19-7-9-20(10-8-19)26-15-17-4-2-1-3-5-17/h1-14,24H,15-16H2. The lowest BCUT2D eigenvalue weighted by Crippen LogP contribution is -1.97. The van der Waals surface area contributed by atoms with Gasteiger partial charge in [-0.3, -0.25) is 4.79 Å². The summed E-state index contributed by atoms with van der Waals surface area (Å²) in [7, 11) is 0. The van der Waals surface area contributed by atoms with Crippen molar-refractivity contribution in [2.45, 2.75) is 6.61 Å². The van der Waals surface area contributed by atoms with Gasteiger partial charge in [0, 0.05) is 23.5 Å². The average Bonchev–Trinajstić information content (AvgIpc) is 3.22. The predicted octanol–water partition coefficient (Wildman–Crippen LogP) is 4.80. The first kappa shape index (κ1) is 17.7. The van der Waals surface area contributed by atoms with E-state index < -0.39 is 0 Å². The maximum absolute atomic E-state index is 12.3. The Labute approximate surface area is 163 Å². The maximum atomic E-state index is 12.3. The van der Waals surface area contributed by atoms with Crippen molar-refractivity contribution in [3.8, 4) is 17.2 Å². The van der Waals surface area contributed by atoms with E-state index in [4.69, 9.17) is 14.2 Å². The molecular weight excluding hydrogens is 354 g/mol. The van der Waals surface area contributed by atoms with Crippen molar-refractivity contribution < 1.29 is 19.0 Å². The summed E-state index contributed by atoms with van der Waals surface area (Å²) in [6, 6.07) is 22.7. The van der Waals surface area contributed by atoms with Crippen LogP contribution in [0.3, 0.4) is 0 Å². The molecule has 28 heavy (non-hydrogen) atoms. The molecule has 0 aromatic heterocycles. The Balaban J connectivity index is 1.30. The number of ether oxygens (including phenoxy) is 3. The van der Waals surface area contributed by atoms with E-state index in [1.807, 2.05) is 54.6 Å². The lowest BCUT2D eigenvalue weighted by molar-refractivity contribution is 0.104. The highest BCUT2D eigenvalue weighted by molar-refractivity contribution is 6.05. The number of carbonyl (C=O) groups is 1. The predicted molar refractivity (Wildman–Crippen MR) is 107 cm³/mol. The molecule has 5 nitrogen and oxygen atoms in total. The zero-order chi connectivity index (χ0) is 19.2. The number of hydrogen-bond acceptors (Lipinski definition) is 5. The molecule has 0 aliphatic carbocycles. The minimum absolute atomic E-state index is 0.117. The van der Waals surface area contributed by atoms with Crippen LogP contribution in [0.25, 0.3) is 0 Å². The van der Waals surface area contributed by atoms with Gasteiger partial charge in [-0.25, -0.2) is 0 Å². The third kappa shape index (κ3) is 4.32. The van der Waals surface area contributed by atoms with Gasteiger partial charge >= 0.3 is 0 Å². The number of ketones is 1. The molecule has 0 saturated heterocycles. The van der Waals surface area contributed by atoms with Crippen molar-refractivity contribution >= 4 is 11.5 Å². The fourth-order valence-electron chi connectivity index (χ4n) is 2.75. The highest BCUT2D eigenvalue weighted by atomic mass is 16.7. The van der Waals surface area contributed by atoms with Gasteiger partial charge < -0.3 is 19.5 Å². The van der Waals surface area contributed by atoms with Gasteiger partial charge in [0.2, 0.25) is 6.79 Å². The number of hydrogen-bond donors (Lipinski definition) is 1. The summed E-state index contributed by atoms with van der Waals surface area (Å²) >= 11 is 0. The normalized spacial score (nSPS) is 12.1. The van der Waals surface area contributed by atoms with Crippen LogP contribution in [0.5, 0.6) is 17.2 Å². The molecule has 4 rings (SSSR count). The van der Waals surface area contributed by atoms with E-state index in [1.54, 1.807) is 24.4 Å². The monoisotopic (exact) mass is 373 g/mol. The second-order valence-electron chi connectivity index (χ2n) is 6.21. The molecule has 1 aliphatic heterocycles. The zero-order valence-electron chi connectivity index (χ0n) is 15.1. The van der Waals surface area contributed by atoms with Crippen LogP contribution >= 0.6 is 0 Å². The Morgan fingerprint density at radius 1 is 0.964 bits per heavy atom. The number of rotatable bonds is 7. The number of anilines is 1. The Bertz CT molecular complexity index is 981. The Hall–Kier alpha value is -3.73. The van der Waals surface area contributed by atoms with E-state index in [-0.39, 0.29) is 12.6 Å². The summed E-state index contributed by atoms with van der Waals surface area (Å²) in [6.07, 6.45) is 3.10. The molecule has 0 radical (unpaired) electrons. The summed E-state index contributed by atoms with van der Waals surface area (Å²) in [6.45, 7) is 0.715. The molecular formula is C23H19NO4. The molecule has 1 N–H and O–H groups in total. The molecule has 0 spiro atoms. The SMILES string of the molecule is O=C(C=CNc1ccc(OCc2ccccc2)cc1)c1ccc2c(c1)OCO2. The quantitative estimate of drug-likeness (QED) is 0.476. The summed E-state index contributed by atoms with van der Waals surface area (Å²) in [5, 5.41) is 3.09. The minimum Gasteiger partial charge on any atom is -0.489 e. The fourth-order valence-corrected chi connectivity index (χ4v) is 2.75. The van der Waals surface area contributed by atoms with Crippen LogP contribution in [-0.4, -0.2) is 12.6 Å². The smallest absolute Gasteiger partial charge is 0.231 e. The molecule has 0 fully saturated rings. The minimum atomic E-state index is -0.117. The van der Waals surface area contributed by atoms with Crippen LogP contribution in [0.2, 0.25) is 0 Å². The van der Waals surface area contributed by atoms with Crippen LogP contribution in [0.4, 0.5) is 5.69 Å². The molecule has 0 bridgehead atoms. The number of benzene rings is 3. The molecule has 0 atom stereocenters. The average molecular weight is 373 g/mol. The number of fused-ring (bicyclic) bond motifs is 1. The van der Waals surface area contributed by atoms with Gasteiger partial charge in [-0.15, -0.1) is 0 Å². The van der Waals surface area contributed by atoms with E-state index in [0.29, 0.717) is 23.7 Å². The molecule has 0 amide bonds. The summed E-state index contributed by atoms with van der Waals surface area (Å²) in [4.78, 5) is 12.3. The first-order chi connectivity index (χ1) is 13.8. The maximum Gasteiger partial charge on any atom is 0.231 e. The van der Waals surface area contributed by atoms with E-state index >= 15 is 0 Å². The summed E-state index contributed by atoms with van der Waals surface area (Å²) in [5.41, 5.74) is 2.53. The highest BCUT2D eigenvalue weighted by Gasteiger charge is 2.14. The van der Waals surface area contributed by atoms with Crippen LogP contribution in [0, 0.1) is 0 Å². The zero-order valence-corrected chi connectivity index (χ0v) is 15.1. The molecule has 3 aromatic rings. The third-order valence-corrected chi connectivity index (χ3v) is 4.24. The Kier molecular flexibility index (Phi) is 5.24. The number of nitrogens with one attached hydrogen (secondary N) is 1. The van der Waals surface area contributed by atoms with Gasteiger partial charge in [0.25, 0.3) is 0 Å². The van der Waals surface area contributed by atoms with Crippen LogP contribution < -0.4 is 19.5 Å². The lowest BCUT2D eigenvalue weighted by Gasteiger charge is -2.07. The van der Waals surface area contributed by atoms with Crippen molar-refractivity contribution in [2.75, 3.05) is 12.1 Å². The van der Waals surface area contributed by atoms with Crippen molar-refractivity contribution in [3.63, 3.8) is 0 Å². The van der Waals surface area contributed by atoms with Crippen LogP contribution in [0.15, 0.2) is 85.1 Å². The van der Waals surface area contributed by atoms with E-state index in [0.717, 1.165) is 17.0 Å². The van der Waals surface area contributed by atoms with Crippen molar-refractivity contribution in [1.29, 1.82) is 0 Å². The van der Waals surface area contributed by atoms with Gasteiger partial charge in [0.1, 0.15) is 12.4 Å². The molecule has 3 aromatic carbocycles. The van der Waals surface area contributed by atoms with Crippen molar-refractivity contribution in [1.82, 2.24) is 0 Å². The molecule has 0 saturated carbocycles. The Morgan fingerprint density at radius 2 is 1.75 bits per heavy atom. The second-order valence-corrected chi connectivity index (χ2v) is 6.21. The van der Waals surface area contributed by atoms with Crippen LogP contribution in [0.1, 0.15) is 15.9 Å². The van der Waals surface area contributed by atoms with E-state index in [1.165, 1.54) is 6.08 Å². The lowest BCUT2D eigenvalue weighted by atomic mass is 10.1. The van der Waals surface area contributed by atoms with E-state index in [2.05, 4.69) is 5.32 Å². The fraction of sp³-hybridized carbons (Fsp3) is 0.0870. The Morgan fingerprint density at radius 3 is 2.57 bits per heavy atom. The molecule has 5 heteroatoms. The molecule has 1 heterocycles. The molecule has 140 valence electrons. The topological polar surface area (TPSA) is 56.8 Å². The van der Waals surface area contributed by atoms with Gasteiger partial charge in [-0.1, -0.05) is 30.3 Å². The van der Waals surface area contributed by atoms with E-state index in [9.17, 15) is 4.79 Å². The molecule has 0 unspecified atom stereocenters. The van der Waals surface area contributed by atoms with Gasteiger partial charge in [-0.2, -0.15) is 0 Å². The van der Waals surface area contributed by atoms with Crippen LogP contribution in [-0.2, 0) is 6.61 Å². The first-order valence-corrected chi connectivity index (χ1v) is 8.92. The largest absolute Gasteiger partial charge is 0.489 e. The summed E-state index contributed by atoms with van der Waals surface area (Å²) < 4.78 is 16.3. The number of allylic oxidation sites excluding steroid dienone is 1. The van der Waals surface area contributed by atoms with Gasteiger partial charge in [0.15, 0.2) is 17.3 Å². The highest BCUT2D eigenvalue weighted by Crippen LogP contribution is 2.32. The van der Waals surface area contributed by atoms with Crippen molar-refractivity contribution in [2.24, 2.45) is 0 Å². The first-order valence-electron chi connectivity index (χ1n) is 8.92. The van der Waals surface area contributed by atoms with Gasteiger partial charge in [0.05, 0.1) is 0 Å².